The normalized spacial score (nSPS) is 15.5. The molecule has 8 nitrogen and oxygen atoms in total. The predicted octanol–water partition coefficient (Wildman–Crippen LogP) is 3.30. The highest BCUT2D eigenvalue weighted by molar-refractivity contribution is 7.89. The fourth-order valence-electron chi connectivity index (χ4n) is 3.83. The maximum Gasteiger partial charge on any atom is 0.259 e. The fourth-order valence-corrected chi connectivity index (χ4v) is 5.20. The molecule has 1 fully saturated rings. The number of aromatic nitrogens is 3. The molecule has 1 aliphatic heterocycles. The lowest BCUT2D eigenvalue weighted by Gasteiger charge is -2.31. The number of nitrogens with zero attached hydrogens (tertiary/aromatic N) is 4. The fraction of sp³-hybridized carbons (Fsp3) is 0.381. The third-order valence-corrected chi connectivity index (χ3v) is 7.87. The van der Waals surface area contributed by atoms with Crippen molar-refractivity contribution in [1.82, 2.24) is 18.8 Å². The standard InChI is InChI=1S/C21H24ClN5O3S.ClH/c1-3-31(29,30)27-10-8-15(9-11-27)24-21-23-13-14-12-17(16-6-4-5-7-18(16)22)20(28)26(2)19(14)25-21;/h4-7,12-13,15H,3,8-11H2,1-2H3,(H,23,24,25);1H. The average molecular weight is 498 g/mol. The van der Waals surface area contributed by atoms with Crippen LogP contribution in [0.3, 0.4) is 0 Å². The number of hydrogen-bond acceptors (Lipinski definition) is 6. The Bertz CT molecular complexity index is 1290. The maximum absolute atomic E-state index is 13.0. The number of piperidine rings is 1. The number of sulfonamides is 1. The zero-order valence-electron chi connectivity index (χ0n) is 17.8. The summed E-state index contributed by atoms with van der Waals surface area (Å²) in [6, 6.07) is 9.05. The topological polar surface area (TPSA) is 97.2 Å². The van der Waals surface area contributed by atoms with Crippen molar-refractivity contribution >= 4 is 51.0 Å². The van der Waals surface area contributed by atoms with Crippen LogP contribution in [0.4, 0.5) is 5.95 Å². The van der Waals surface area contributed by atoms with E-state index >= 15 is 0 Å². The summed E-state index contributed by atoms with van der Waals surface area (Å²) < 4.78 is 27.1. The molecule has 172 valence electrons. The van der Waals surface area contributed by atoms with Crippen LogP contribution < -0.4 is 10.9 Å². The van der Waals surface area contributed by atoms with Crippen LogP contribution in [0.2, 0.25) is 5.02 Å². The monoisotopic (exact) mass is 497 g/mol. The minimum absolute atomic E-state index is 0. The third kappa shape index (κ3) is 4.76. The van der Waals surface area contributed by atoms with Gasteiger partial charge in [0.25, 0.3) is 5.56 Å². The van der Waals surface area contributed by atoms with Crippen molar-refractivity contribution in [3.05, 3.63) is 51.9 Å². The van der Waals surface area contributed by atoms with Gasteiger partial charge in [0.2, 0.25) is 16.0 Å². The molecule has 3 heterocycles. The number of anilines is 1. The molecule has 0 unspecified atom stereocenters. The first-order valence-electron chi connectivity index (χ1n) is 10.2. The molecule has 0 bridgehead atoms. The van der Waals surface area contributed by atoms with Gasteiger partial charge < -0.3 is 5.32 Å². The zero-order valence-corrected chi connectivity index (χ0v) is 20.2. The van der Waals surface area contributed by atoms with Crippen molar-refractivity contribution in [3.8, 4) is 11.1 Å². The van der Waals surface area contributed by atoms with Gasteiger partial charge in [0.15, 0.2) is 0 Å². The Morgan fingerprint density at radius 2 is 1.88 bits per heavy atom. The quantitative estimate of drug-likeness (QED) is 0.580. The smallest absolute Gasteiger partial charge is 0.259 e. The minimum atomic E-state index is -3.16. The number of nitrogens with one attached hydrogen (secondary N) is 1. The Kier molecular flexibility index (Phi) is 7.44. The molecule has 1 saturated heterocycles. The molecule has 1 N–H and O–H groups in total. The summed E-state index contributed by atoms with van der Waals surface area (Å²) >= 11 is 6.29. The Morgan fingerprint density at radius 1 is 1.19 bits per heavy atom. The molecule has 1 aliphatic rings. The summed E-state index contributed by atoms with van der Waals surface area (Å²) in [5.41, 5.74) is 1.49. The molecule has 11 heteroatoms. The summed E-state index contributed by atoms with van der Waals surface area (Å²) in [6.07, 6.45) is 3.02. The molecule has 2 aromatic heterocycles. The van der Waals surface area contributed by atoms with Crippen molar-refractivity contribution in [2.75, 3.05) is 24.2 Å². The van der Waals surface area contributed by atoms with Crippen LogP contribution in [0.15, 0.2) is 41.3 Å². The summed E-state index contributed by atoms with van der Waals surface area (Å²) in [7, 11) is -1.48. The van der Waals surface area contributed by atoms with E-state index in [1.54, 1.807) is 32.3 Å². The Balaban J connectivity index is 0.00000289. The maximum atomic E-state index is 13.0. The molecule has 0 atom stereocenters. The molecule has 1 aromatic carbocycles. The van der Waals surface area contributed by atoms with Crippen molar-refractivity contribution in [3.63, 3.8) is 0 Å². The van der Waals surface area contributed by atoms with Crippen LogP contribution in [0.25, 0.3) is 22.2 Å². The van der Waals surface area contributed by atoms with E-state index in [4.69, 9.17) is 11.6 Å². The van der Waals surface area contributed by atoms with Gasteiger partial charge in [-0.15, -0.1) is 12.4 Å². The van der Waals surface area contributed by atoms with Gasteiger partial charge in [-0.2, -0.15) is 4.98 Å². The van der Waals surface area contributed by atoms with Gasteiger partial charge in [-0.3, -0.25) is 9.36 Å². The molecule has 0 amide bonds. The molecular formula is C21H25Cl2N5O3S. The van der Waals surface area contributed by atoms with Gasteiger partial charge in [-0.25, -0.2) is 17.7 Å². The first kappa shape index (κ1) is 24.4. The van der Waals surface area contributed by atoms with E-state index in [9.17, 15) is 13.2 Å². The zero-order chi connectivity index (χ0) is 22.2. The predicted molar refractivity (Wildman–Crippen MR) is 130 cm³/mol. The van der Waals surface area contributed by atoms with Crippen LogP contribution in [0.5, 0.6) is 0 Å². The summed E-state index contributed by atoms with van der Waals surface area (Å²) in [6.45, 7) is 2.60. The molecule has 3 aromatic rings. The molecular weight excluding hydrogens is 473 g/mol. The van der Waals surface area contributed by atoms with Crippen LogP contribution >= 0.6 is 24.0 Å². The van der Waals surface area contributed by atoms with Crippen molar-refractivity contribution in [2.24, 2.45) is 7.05 Å². The molecule has 0 saturated carbocycles. The number of hydrogen-bond donors (Lipinski definition) is 1. The highest BCUT2D eigenvalue weighted by Crippen LogP contribution is 2.27. The van der Waals surface area contributed by atoms with E-state index in [0.717, 1.165) is 5.39 Å². The van der Waals surface area contributed by atoms with E-state index in [2.05, 4.69) is 15.3 Å². The second-order valence-electron chi connectivity index (χ2n) is 7.59. The Hall–Kier alpha value is -2.20. The SMILES string of the molecule is CCS(=O)(=O)N1CCC(Nc2ncc3cc(-c4ccccc4Cl)c(=O)n(C)c3n2)CC1.Cl. The molecule has 0 aliphatic carbocycles. The van der Waals surface area contributed by atoms with Gasteiger partial charge in [0, 0.05) is 53.9 Å². The number of pyridine rings is 1. The van der Waals surface area contributed by atoms with Gasteiger partial charge in [-0.05, 0) is 31.9 Å². The van der Waals surface area contributed by atoms with E-state index < -0.39 is 10.0 Å². The Labute approximate surface area is 198 Å². The van der Waals surface area contributed by atoms with E-state index in [1.165, 1.54) is 8.87 Å². The van der Waals surface area contributed by atoms with E-state index in [1.807, 2.05) is 18.2 Å². The molecule has 0 spiro atoms. The first-order chi connectivity index (χ1) is 14.8. The minimum Gasteiger partial charge on any atom is -0.351 e. The number of benzene rings is 1. The summed E-state index contributed by atoms with van der Waals surface area (Å²) in [4.78, 5) is 21.9. The van der Waals surface area contributed by atoms with Crippen molar-refractivity contribution < 1.29 is 8.42 Å². The third-order valence-electron chi connectivity index (χ3n) is 5.66. The highest BCUT2D eigenvalue weighted by atomic mass is 35.5. The number of halogens is 2. The Morgan fingerprint density at radius 3 is 2.53 bits per heavy atom. The van der Waals surface area contributed by atoms with Crippen LogP contribution in [0.1, 0.15) is 19.8 Å². The van der Waals surface area contributed by atoms with Gasteiger partial charge in [-0.1, -0.05) is 29.8 Å². The highest BCUT2D eigenvalue weighted by Gasteiger charge is 2.27. The van der Waals surface area contributed by atoms with Crippen LogP contribution in [0, 0.1) is 0 Å². The number of aryl methyl sites for hydroxylation is 1. The average Bonchev–Trinajstić information content (AvgIpc) is 2.77. The molecule has 4 rings (SSSR count). The van der Waals surface area contributed by atoms with Crippen molar-refractivity contribution in [1.29, 1.82) is 0 Å². The van der Waals surface area contributed by atoms with Crippen molar-refractivity contribution in [2.45, 2.75) is 25.8 Å². The van der Waals surface area contributed by atoms with E-state index in [-0.39, 0.29) is 29.8 Å². The van der Waals surface area contributed by atoms with Crippen LogP contribution in [-0.4, -0.2) is 52.1 Å². The number of fused-ring (bicyclic) bond motifs is 1. The lowest BCUT2D eigenvalue weighted by Crippen LogP contribution is -2.43. The lowest BCUT2D eigenvalue weighted by atomic mass is 10.1. The van der Waals surface area contributed by atoms with Gasteiger partial charge >= 0.3 is 0 Å². The lowest BCUT2D eigenvalue weighted by molar-refractivity contribution is 0.329. The first-order valence-corrected chi connectivity index (χ1v) is 12.1. The molecule has 32 heavy (non-hydrogen) atoms. The summed E-state index contributed by atoms with van der Waals surface area (Å²) in [5.74, 6) is 0.535. The largest absolute Gasteiger partial charge is 0.351 e. The van der Waals surface area contributed by atoms with Crippen LogP contribution in [-0.2, 0) is 17.1 Å². The second-order valence-corrected chi connectivity index (χ2v) is 10.3. The summed E-state index contributed by atoms with van der Waals surface area (Å²) in [5, 5.41) is 4.52. The van der Waals surface area contributed by atoms with Gasteiger partial charge in [0.05, 0.1) is 5.75 Å². The molecule has 0 radical (unpaired) electrons. The van der Waals surface area contributed by atoms with E-state index in [0.29, 0.717) is 53.7 Å². The second kappa shape index (κ2) is 9.74. The van der Waals surface area contributed by atoms with Gasteiger partial charge in [0.1, 0.15) is 5.65 Å². The number of rotatable bonds is 5.